The first-order chi connectivity index (χ1) is 12.1. The minimum absolute atomic E-state index is 0.147. The van der Waals surface area contributed by atoms with E-state index in [9.17, 15) is 4.79 Å². The Hall–Kier alpha value is -2.69. The number of para-hydroxylation sites is 1. The second-order valence-electron chi connectivity index (χ2n) is 5.60. The molecule has 1 amide bonds. The predicted octanol–water partition coefficient (Wildman–Crippen LogP) is 3.36. The molecule has 0 fully saturated rings. The number of benzene rings is 2. The van der Waals surface area contributed by atoms with Crippen LogP contribution in [0.1, 0.15) is 18.9 Å². The van der Waals surface area contributed by atoms with Crippen molar-refractivity contribution >= 4 is 5.91 Å². The normalized spacial score (nSPS) is 11.5. The van der Waals surface area contributed by atoms with Gasteiger partial charge in [0.15, 0.2) is 6.10 Å². The molecule has 134 valence electrons. The summed E-state index contributed by atoms with van der Waals surface area (Å²) in [7, 11) is 1.61. The Morgan fingerprint density at radius 1 is 1.08 bits per heavy atom. The first-order valence-corrected chi connectivity index (χ1v) is 8.41. The van der Waals surface area contributed by atoms with Gasteiger partial charge in [-0.15, -0.1) is 0 Å². The minimum Gasteiger partial charge on any atom is -0.497 e. The van der Waals surface area contributed by atoms with E-state index in [-0.39, 0.29) is 5.91 Å². The number of hydrogen-bond donors (Lipinski definition) is 1. The molecule has 25 heavy (non-hydrogen) atoms. The molecule has 0 aliphatic rings. The summed E-state index contributed by atoms with van der Waals surface area (Å²) in [6.45, 7) is 4.74. The van der Waals surface area contributed by atoms with Crippen molar-refractivity contribution in [1.82, 2.24) is 5.32 Å². The van der Waals surface area contributed by atoms with Crippen LogP contribution in [0.25, 0.3) is 0 Å². The lowest BCUT2D eigenvalue weighted by Crippen LogP contribution is -2.39. The van der Waals surface area contributed by atoms with Crippen LogP contribution in [0.15, 0.2) is 48.5 Å². The number of aryl methyl sites for hydroxylation is 1. The lowest BCUT2D eigenvalue weighted by molar-refractivity contribution is -0.128. The van der Waals surface area contributed by atoms with Gasteiger partial charge in [0, 0.05) is 0 Å². The van der Waals surface area contributed by atoms with Gasteiger partial charge >= 0.3 is 0 Å². The summed E-state index contributed by atoms with van der Waals surface area (Å²) in [6, 6.07) is 15.0. The summed E-state index contributed by atoms with van der Waals surface area (Å²) in [5, 5.41) is 2.85. The molecule has 5 nitrogen and oxygen atoms in total. The lowest BCUT2D eigenvalue weighted by Gasteiger charge is -2.17. The van der Waals surface area contributed by atoms with Crippen LogP contribution in [0, 0.1) is 6.92 Å². The van der Waals surface area contributed by atoms with E-state index in [0.29, 0.717) is 25.3 Å². The molecule has 0 saturated carbocycles. The van der Waals surface area contributed by atoms with Crippen LogP contribution >= 0.6 is 0 Å². The molecule has 2 aromatic rings. The number of rotatable bonds is 9. The second-order valence-corrected chi connectivity index (χ2v) is 5.60. The first-order valence-electron chi connectivity index (χ1n) is 8.41. The van der Waals surface area contributed by atoms with Gasteiger partial charge in [-0.05, 0) is 49.2 Å². The summed E-state index contributed by atoms with van der Waals surface area (Å²) in [4.78, 5) is 12.3. The van der Waals surface area contributed by atoms with Crippen LogP contribution in [0.4, 0.5) is 0 Å². The van der Waals surface area contributed by atoms with Crippen LogP contribution in [0.2, 0.25) is 0 Å². The van der Waals surface area contributed by atoms with E-state index in [1.165, 1.54) is 0 Å². The molecule has 0 bridgehead atoms. The summed E-state index contributed by atoms with van der Waals surface area (Å²) in [5.74, 6) is 2.07. The van der Waals surface area contributed by atoms with Gasteiger partial charge in [0.1, 0.15) is 23.9 Å². The van der Waals surface area contributed by atoms with Crippen molar-refractivity contribution in [2.75, 3.05) is 20.3 Å². The van der Waals surface area contributed by atoms with Gasteiger partial charge in [0.25, 0.3) is 5.91 Å². The van der Waals surface area contributed by atoms with E-state index in [2.05, 4.69) is 5.32 Å². The summed E-state index contributed by atoms with van der Waals surface area (Å²) >= 11 is 0. The average molecular weight is 343 g/mol. The number of carbonyl (C=O) groups excluding carboxylic acids is 1. The van der Waals surface area contributed by atoms with Crippen molar-refractivity contribution in [3.05, 3.63) is 54.1 Å². The van der Waals surface area contributed by atoms with Crippen molar-refractivity contribution < 1.29 is 19.0 Å². The maximum atomic E-state index is 12.3. The topological polar surface area (TPSA) is 56.8 Å². The van der Waals surface area contributed by atoms with E-state index >= 15 is 0 Å². The number of ether oxygens (including phenoxy) is 3. The highest BCUT2D eigenvalue weighted by atomic mass is 16.5. The lowest BCUT2D eigenvalue weighted by atomic mass is 10.2. The average Bonchev–Trinajstić information content (AvgIpc) is 2.65. The Balaban J connectivity index is 1.78. The molecule has 1 atom stereocenters. The third kappa shape index (κ3) is 5.71. The quantitative estimate of drug-likeness (QED) is 0.710. The molecule has 1 N–H and O–H groups in total. The maximum absolute atomic E-state index is 12.3. The first kappa shape index (κ1) is 18.6. The Kier molecular flexibility index (Phi) is 7.14. The van der Waals surface area contributed by atoms with E-state index < -0.39 is 6.10 Å². The highest BCUT2D eigenvalue weighted by molar-refractivity contribution is 5.81. The molecule has 0 aliphatic carbocycles. The summed E-state index contributed by atoms with van der Waals surface area (Å²) < 4.78 is 16.5. The zero-order valence-electron chi connectivity index (χ0n) is 15.0. The number of hydrogen-bond acceptors (Lipinski definition) is 4. The zero-order chi connectivity index (χ0) is 18.1. The molecule has 0 aromatic heterocycles. The van der Waals surface area contributed by atoms with Gasteiger partial charge in [0.2, 0.25) is 0 Å². The summed E-state index contributed by atoms with van der Waals surface area (Å²) in [6.07, 6.45) is 0.0446. The molecular formula is C20H25NO4. The number of carbonyl (C=O) groups is 1. The van der Waals surface area contributed by atoms with Gasteiger partial charge in [-0.2, -0.15) is 0 Å². The van der Waals surface area contributed by atoms with E-state index in [0.717, 1.165) is 17.1 Å². The fourth-order valence-corrected chi connectivity index (χ4v) is 2.31. The van der Waals surface area contributed by atoms with Gasteiger partial charge in [-0.3, -0.25) is 4.79 Å². The highest BCUT2D eigenvalue weighted by Gasteiger charge is 2.17. The highest BCUT2D eigenvalue weighted by Crippen LogP contribution is 2.19. The Bertz CT molecular complexity index is 670. The Morgan fingerprint density at radius 2 is 1.76 bits per heavy atom. The number of methoxy groups -OCH3 is 1. The fourth-order valence-electron chi connectivity index (χ4n) is 2.31. The van der Waals surface area contributed by atoms with Crippen LogP contribution in [-0.2, 0) is 4.79 Å². The molecule has 0 radical (unpaired) electrons. The van der Waals surface area contributed by atoms with E-state index in [1.807, 2.05) is 38.1 Å². The van der Waals surface area contributed by atoms with E-state index in [4.69, 9.17) is 14.2 Å². The molecule has 0 unspecified atom stereocenters. The molecule has 0 saturated heterocycles. The largest absolute Gasteiger partial charge is 0.497 e. The van der Waals surface area contributed by atoms with Crippen LogP contribution in [0.3, 0.4) is 0 Å². The van der Waals surface area contributed by atoms with Crippen LogP contribution in [-0.4, -0.2) is 32.3 Å². The molecule has 0 heterocycles. The van der Waals surface area contributed by atoms with Gasteiger partial charge in [0.05, 0.1) is 13.7 Å². The van der Waals surface area contributed by atoms with Crippen molar-refractivity contribution in [3.63, 3.8) is 0 Å². The van der Waals surface area contributed by atoms with Crippen molar-refractivity contribution in [1.29, 1.82) is 0 Å². The Morgan fingerprint density at radius 3 is 2.40 bits per heavy atom. The molecule has 0 spiro atoms. The van der Waals surface area contributed by atoms with Gasteiger partial charge in [-0.25, -0.2) is 0 Å². The van der Waals surface area contributed by atoms with Gasteiger partial charge < -0.3 is 19.5 Å². The smallest absolute Gasteiger partial charge is 0.261 e. The molecule has 2 aromatic carbocycles. The Labute approximate surface area is 148 Å². The number of amides is 1. The SMILES string of the molecule is CC[C@H](Oc1ccc(OC)cc1)C(=O)NCCOc1ccccc1C. The van der Waals surface area contributed by atoms with Crippen LogP contribution < -0.4 is 19.5 Å². The van der Waals surface area contributed by atoms with Crippen molar-refractivity contribution in [3.8, 4) is 17.2 Å². The van der Waals surface area contributed by atoms with Gasteiger partial charge in [-0.1, -0.05) is 25.1 Å². The number of nitrogens with one attached hydrogen (secondary N) is 1. The molecule has 0 aliphatic heterocycles. The maximum Gasteiger partial charge on any atom is 0.261 e. The van der Waals surface area contributed by atoms with Crippen LogP contribution in [0.5, 0.6) is 17.2 Å². The zero-order valence-corrected chi connectivity index (χ0v) is 15.0. The minimum atomic E-state index is -0.535. The third-order valence-corrected chi connectivity index (χ3v) is 3.75. The molecular weight excluding hydrogens is 318 g/mol. The van der Waals surface area contributed by atoms with E-state index in [1.54, 1.807) is 31.4 Å². The molecule has 5 heteroatoms. The fraction of sp³-hybridized carbons (Fsp3) is 0.350. The second kappa shape index (κ2) is 9.57. The van der Waals surface area contributed by atoms with Crippen molar-refractivity contribution in [2.24, 2.45) is 0 Å². The standard InChI is InChI=1S/C20H25NO4/c1-4-18(25-17-11-9-16(23-3)10-12-17)20(22)21-13-14-24-19-8-6-5-7-15(19)2/h5-12,18H,4,13-14H2,1-3H3,(H,21,22)/t18-/m0/s1. The monoisotopic (exact) mass is 343 g/mol. The van der Waals surface area contributed by atoms with Crippen molar-refractivity contribution in [2.45, 2.75) is 26.4 Å². The third-order valence-electron chi connectivity index (χ3n) is 3.75. The molecule has 2 rings (SSSR count). The predicted molar refractivity (Wildman–Crippen MR) is 97.4 cm³/mol. The summed E-state index contributed by atoms with van der Waals surface area (Å²) in [5.41, 5.74) is 1.07.